The Kier molecular flexibility index (Phi) is 6.31. The number of carbonyl (C=O) groups excluding carboxylic acids is 2. The molecule has 0 spiro atoms. The van der Waals surface area contributed by atoms with Crippen molar-refractivity contribution < 1.29 is 38.7 Å². The Bertz CT molecular complexity index is 1450. The average molecular weight is 524 g/mol. The fraction of sp³-hybridized carbons (Fsp3) is 0.185. The number of halogens is 1. The molecule has 190 valence electrons. The molecule has 1 unspecified atom stereocenters. The topological polar surface area (TPSA) is 115 Å². The van der Waals surface area contributed by atoms with Gasteiger partial charge in [0.1, 0.15) is 11.5 Å². The third kappa shape index (κ3) is 4.17. The summed E-state index contributed by atoms with van der Waals surface area (Å²) in [6.07, 6.45) is 0. The minimum atomic E-state index is -1.05. The van der Waals surface area contributed by atoms with Crippen molar-refractivity contribution in [3.8, 4) is 28.7 Å². The molecule has 3 aromatic rings. The molecule has 37 heavy (non-hydrogen) atoms. The van der Waals surface area contributed by atoms with Crippen LogP contribution in [0.4, 0.5) is 5.69 Å². The summed E-state index contributed by atoms with van der Waals surface area (Å²) in [5, 5.41) is 21.9. The lowest BCUT2D eigenvalue weighted by Crippen LogP contribution is -2.29. The first-order valence-electron chi connectivity index (χ1n) is 11.3. The molecule has 2 aliphatic rings. The summed E-state index contributed by atoms with van der Waals surface area (Å²) in [5.41, 5.74) is 0.870. The standard InChI is InChI=1S/C27H22ClNO8/c1-3-35-21-10-14(5-8-18(21)30)24-23(25(31)15-4-7-17(28)20(11-15)34-2)26(32)27(33)29(24)16-6-9-19-22(12-16)37-13-36-19/h4-12,24,30-31H,3,13H2,1-2H3/b25-23+. The second-order valence-electron chi connectivity index (χ2n) is 8.22. The van der Waals surface area contributed by atoms with Gasteiger partial charge in [0.25, 0.3) is 11.7 Å². The van der Waals surface area contributed by atoms with E-state index in [1.165, 1.54) is 42.3 Å². The van der Waals surface area contributed by atoms with Crippen LogP contribution in [0, 0.1) is 0 Å². The zero-order chi connectivity index (χ0) is 26.3. The summed E-state index contributed by atoms with van der Waals surface area (Å²) in [6.45, 7) is 2.08. The first-order valence-corrected chi connectivity index (χ1v) is 11.7. The number of aliphatic hydroxyl groups is 1. The largest absolute Gasteiger partial charge is 0.507 e. The number of phenols is 1. The van der Waals surface area contributed by atoms with E-state index in [-0.39, 0.29) is 41.8 Å². The van der Waals surface area contributed by atoms with Gasteiger partial charge in [0.05, 0.1) is 30.4 Å². The maximum Gasteiger partial charge on any atom is 0.300 e. The average Bonchev–Trinajstić information content (AvgIpc) is 3.47. The minimum absolute atomic E-state index is 0.0368. The van der Waals surface area contributed by atoms with E-state index in [0.717, 1.165) is 0 Å². The highest BCUT2D eigenvalue weighted by Gasteiger charge is 2.47. The highest BCUT2D eigenvalue weighted by atomic mass is 35.5. The van der Waals surface area contributed by atoms with Crippen LogP contribution in [0.15, 0.2) is 60.2 Å². The fourth-order valence-electron chi connectivity index (χ4n) is 4.38. The maximum atomic E-state index is 13.4. The molecule has 1 saturated heterocycles. The molecule has 2 heterocycles. The molecular formula is C27H22ClNO8. The van der Waals surface area contributed by atoms with Crippen LogP contribution in [0.3, 0.4) is 0 Å². The van der Waals surface area contributed by atoms with Gasteiger partial charge < -0.3 is 29.2 Å². The van der Waals surface area contributed by atoms with E-state index in [1.54, 1.807) is 31.2 Å². The number of hydrogen-bond donors (Lipinski definition) is 2. The smallest absolute Gasteiger partial charge is 0.300 e. The predicted molar refractivity (Wildman–Crippen MR) is 135 cm³/mol. The monoisotopic (exact) mass is 523 g/mol. The molecule has 2 N–H and O–H groups in total. The number of nitrogens with zero attached hydrogens (tertiary/aromatic N) is 1. The number of methoxy groups -OCH3 is 1. The molecule has 3 aromatic carbocycles. The van der Waals surface area contributed by atoms with Gasteiger partial charge in [0.2, 0.25) is 6.79 Å². The quantitative estimate of drug-likeness (QED) is 0.269. The molecule has 1 fully saturated rings. The number of phenolic OH excluding ortho intramolecular Hbond substituents is 1. The molecule has 1 amide bonds. The van der Waals surface area contributed by atoms with E-state index in [4.69, 9.17) is 30.5 Å². The number of anilines is 1. The Morgan fingerprint density at radius 2 is 1.84 bits per heavy atom. The number of aliphatic hydroxyl groups excluding tert-OH is 1. The molecule has 1 atom stereocenters. The molecule has 0 bridgehead atoms. The number of ketones is 1. The van der Waals surface area contributed by atoms with Gasteiger partial charge in [0, 0.05) is 17.3 Å². The Morgan fingerprint density at radius 3 is 2.59 bits per heavy atom. The number of rotatable bonds is 6. The van der Waals surface area contributed by atoms with Crippen LogP contribution < -0.4 is 23.8 Å². The highest BCUT2D eigenvalue weighted by Crippen LogP contribution is 2.46. The normalized spacial score (nSPS) is 17.8. The number of fused-ring (bicyclic) bond motifs is 1. The number of hydrogen-bond acceptors (Lipinski definition) is 8. The molecule has 0 radical (unpaired) electrons. The van der Waals surface area contributed by atoms with Crippen LogP contribution in [0.25, 0.3) is 5.76 Å². The van der Waals surface area contributed by atoms with Crippen molar-refractivity contribution in [1.82, 2.24) is 0 Å². The van der Waals surface area contributed by atoms with E-state index in [0.29, 0.717) is 27.8 Å². The van der Waals surface area contributed by atoms with Crippen LogP contribution in [-0.2, 0) is 9.59 Å². The Labute approximate surface area is 217 Å². The van der Waals surface area contributed by atoms with Crippen molar-refractivity contribution in [1.29, 1.82) is 0 Å². The summed E-state index contributed by atoms with van der Waals surface area (Å²) in [7, 11) is 1.43. The molecule has 0 aliphatic carbocycles. The number of ether oxygens (including phenoxy) is 4. The summed E-state index contributed by atoms with van der Waals surface area (Å²) in [6, 6.07) is 12.8. The Balaban J connectivity index is 1.72. The van der Waals surface area contributed by atoms with Crippen LogP contribution >= 0.6 is 11.6 Å². The Morgan fingerprint density at radius 1 is 1.05 bits per heavy atom. The van der Waals surface area contributed by atoms with E-state index < -0.39 is 23.5 Å². The van der Waals surface area contributed by atoms with Gasteiger partial charge in [-0.3, -0.25) is 14.5 Å². The van der Waals surface area contributed by atoms with Crippen LogP contribution in [0.5, 0.6) is 28.7 Å². The fourth-order valence-corrected chi connectivity index (χ4v) is 4.58. The minimum Gasteiger partial charge on any atom is -0.507 e. The van der Waals surface area contributed by atoms with Crippen molar-refractivity contribution in [2.75, 3.05) is 25.4 Å². The van der Waals surface area contributed by atoms with Gasteiger partial charge in [-0.15, -0.1) is 0 Å². The van der Waals surface area contributed by atoms with Gasteiger partial charge in [-0.05, 0) is 55.0 Å². The SMILES string of the molecule is CCOc1cc(C2/C(=C(\O)c3ccc(Cl)c(OC)c3)C(=O)C(=O)N2c2ccc3c(c2)OCO3)ccc1O. The van der Waals surface area contributed by atoms with Gasteiger partial charge in [-0.1, -0.05) is 17.7 Å². The van der Waals surface area contributed by atoms with Crippen molar-refractivity contribution in [3.63, 3.8) is 0 Å². The van der Waals surface area contributed by atoms with E-state index in [2.05, 4.69) is 0 Å². The second-order valence-corrected chi connectivity index (χ2v) is 8.62. The first kappa shape index (κ1) is 24.3. The summed E-state index contributed by atoms with van der Waals surface area (Å²) in [5.74, 6) is -0.868. The van der Waals surface area contributed by atoms with Crippen LogP contribution in [-0.4, -0.2) is 42.4 Å². The Hall–Kier alpha value is -4.37. The van der Waals surface area contributed by atoms with E-state index >= 15 is 0 Å². The lowest BCUT2D eigenvalue weighted by molar-refractivity contribution is -0.132. The zero-order valence-electron chi connectivity index (χ0n) is 19.9. The number of Topliss-reactive ketones (excluding diaryl/α,β-unsaturated/α-hetero) is 1. The first-order chi connectivity index (χ1) is 17.8. The number of carbonyl (C=O) groups is 2. The lowest BCUT2D eigenvalue weighted by Gasteiger charge is -2.26. The summed E-state index contributed by atoms with van der Waals surface area (Å²) >= 11 is 6.14. The van der Waals surface area contributed by atoms with Gasteiger partial charge in [-0.2, -0.15) is 0 Å². The van der Waals surface area contributed by atoms with Crippen molar-refractivity contribution >= 4 is 34.7 Å². The maximum absolute atomic E-state index is 13.4. The molecular weight excluding hydrogens is 502 g/mol. The number of amides is 1. The van der Waals surface area contributed by atoms with E-state index in [9.17, 15) is 19.8 Å². The van der Waals surface area contributed by atoms with Crippen molar-refractivity contribution in [2.24, 2.45) is 0 Å². The van der Waals surface area contributed by atoms with Gasteiger partial charge in [0.15, 0.2) is 23.0 Å². The second kappa shape index (κ2) is 9.59. The molecule has 0 aromatic heterocycles. The van der Waals surface area contributed by atoms with Gasteiger partial charge >= 0.3 is 0 Å². The van der Waals surface area contributed by atoms with Crippen molar-refractivity contribution in [3.05, 3.63) is 76.3 Å². The van der Waals surface area contributed by atoms with Crippen LogP contribution in [0.1, 0.15) is 24.1 Å². The molecule has 10 heteroatoms. The third-order valence-electron chi connectivity index (χ3n) is 6.10. The molecule has 2 aliphatic heterocycles. The van der Waals surface area contributed by atoms with Crippen molar-refractivity contribution in [2.45, 2.75) is 13.0 Å². The molecule has 9 nitrogen and oxygen atoms in total. The number of benzene rings is 3. The summed E-state index contributed by atoms with van der Waals surface area (Å²) < 4.78 is 21.6. The van der Waals surface area contributed by atoms with Crippen LogP contribution in [0.2, 0.25) is 5.02 Å². The highest BCUT2D eigenvalue weighted by molar-refractivity contribution is 6.51. The summed E-state index contributed by atoms with van der Waals surface area (Å²) in [4.78, 5) is 28.1. The molecule has 5 rings (SSSR count). The zero-order valence-corrected chi connectivity index (χ0v) is 20.6. The lowest BCUT2D eigenvalue weighted by atomic mass is 9.94. The predicted octanol–water partition coefficient (Wildman–Crippen LogP) is 4.81. The van der Waals surface area contributed by atoms with Gasteiger partial charge in [-0.25, -0.2) is 0 Å². The van der Waals surface area contributed by atoms with E-state index in [1.807, 2.05) is 0 Å². The number of aromatic hydroxyl groups is 1. The third-order valence-corrected chi connectivity index (χ3v) is 6.41. The molecule has 0 saturated carbocycles.